The van der Waals surface area contributed by atoms with Crippen LogP contribution in [0.2, 0.25) is 0 Å². The highest BCUT2D eigenvalue weighted by Crippen LogP contribution is 2.32. The molecule has 2 N–H and O–H groups in total. The molecule has 0 bridgehead atoms. The molecule has 1 aromatic rings. The van der Waals surface area contributed by atoms with Gasteiger partial charge in [-0.25, -0.2) is 4.39 Å². The van der Waals surface area contributed by atoms with Crippen LogP contribution in [0, 0.1) is 17.7 Å². The Morgan fingerprint density at radius 2 is 2.18 bits per heavy atom. The van der Waals surface area contributed by atoms with Gasteiger partial charge in [0.05, 0.1) is 5.69 Å². The molecule has 17 heavy (non-hydrogen) atoms. The summed E-state index contributed by atoms with van der Waals surface area (Å²) < 4.78 is 13.3. The molecule has 0 radical (unpaired) electrons. The molecule has 0 saturated heterocycles. The lowest BCUT2D eigenvalue weighted by Gasteiger charge is -2.25. The Kier molecular flexibility index (Phi) is 3.46. The van der Waals surface area contributed by atoms with Crippen LogP contribution in [0.15, 0.2) is 18.2 Å². The zero-order valence-corrected chi connectivity index (χ0v) is 10.1. The molecule has 0 aromatic heterocycles. The minimum Gasteiger partial charge on any atom is -0.396 e. The first-order valence-electron chi connectivity index (χ1n) is 6.17. The molecule has 2 atom stereocenters. The average Bonchev–Trinajstić information content (AvgIpc) is 2.32. The zero-order chi connectivity index (χ0) is 12.4. The summed E-state index contributed by atoms with van der Waals surface area (Å²) in [4.78, 5) is 12.3. The second-order valence-electron chi connectivity index (χ2n) is 5.03. The lowest BCUT2D eigenvalue weighted by atomic mass is 9.78. The predicted molar refractivity (Wildman–Crippen MR) is 66.3 cm³/mol. The molecule has 3 heteroatoms. The average molecular weight is 235 g/mol. The zero-order valence-electron chi connectivity index (χ0n) is 10.1. The molecule has 92 valence electrons. The molecule has 1 aliphatic carbocycles. The van der Waals surface area contributed by atoms with Crippen LogP contribution < -0.4 is 5.73 Å². The van der Waals surface area contributed by atoms with E-state index in [0.29, 0.717) is 11.5 Å². The van der Waals surface area contributed by atoms with Crippen LogP contribution in [-0.4, -0.2) is 5.78 Å². The summed E-state index contributed by atoms with van der Waals surface area (Å²) in [7, 11) is 0. The van der Waals surface area contributed by atoms with Gasteiger partial charge in [0.15, 0.2) is 5.78 Å². The quantitative estimate of drug-likeness (QED) is 0.630. The third-order valence-electron chi connectivity index (χ3n) is 3.63. The Hall–Kier alpha value is -1.38. The summed E-state index contributed by atoms with van der Waals surface area (Å²) in [5.41, 5.74) is 5.98. The van der Waals surface area contributed by atoms with E-state index in [1.54, 1.807) is 12.1 Å². The van der Waals surface area contributed by atoms with Crippen LogP contribution in [0.3, 0.4) is 0 Å². The maximum atomic E-state index is 13.3. The monoisotopic (exact) mass is 235 g/mol. The van der Waals surface area contributed by atoms with E-state index in [9.17, 15) is 9.18 Å². The number of anilines is 1. The van der Waals surface area contributed by atoms with Gasteiger partial charge in [0.2, 0.25) is 0 Å². The molecular weight excluding hydrogens is 217 g/mol. The number of hydrogen-bond acceptors (Lipinski definition) is 2. The van der Waals surface area contributed by atoms with Crippen LogP contribution in [0.4, 0.5) is 10.1 Å². The van der Waals surface area contributed by atoms with Crippen molar-refractivity contribution in [1.82, 2.24) is 0 Å². The van der Waals surface area contributed by atoms with E-state index in [0.717, 1.165) is 19.3 Å². The predicted octanol–water partition coefficient (Wildman–Crippen LogP) is 3.42. The van der Waals surface area contributed by atoms with Crippen molar-refractivity contribution in [2.75, 3.05) is 5.73 Å². The Morgan fingerprint density at radius 3 is 2.88 bits per heavy atom. The summed E-state index contributed by atoms with van der Waals surface area (Å²) in [5.74, 6) is 0.101. The smallest absolute Gasteiger partial charge is 0.168 e. The lowest BCUT2D eigenvalue weighted by molar-refractivity contribution is 0.0869. The fourth-order valence-electron chi connectivity index (χ4n) is 2.64. The Bertz CT molecular complexity index is 430. The van der Waals surface area contributed by atoms with Gasteiger partial charge in [-0.3, -0.25) is 4.79 Å². The number of nitrogens with two attached hydrogens (primary N) is 1. The molecule has 0 aliphatic heterocycles. The molecule has 2 rings (SSSR count). The third-order valence-corrected chi connectivity index (χ3v) is 3.63. The molecule has 2 unspecified atom stereocenters. The lowest BCUT2D eigenvalue weighted by Crippen LogP contribution is -2.22. The molecular formula is C14H18FNO. The molecule has 1 aliphatic rings. The van der Waals surface area contributed by atoms with Crippen molar-refractivity contribution in [1.29, 1.82) is 0 Å². The maximum absolute atomic E-state index is 13.3. The molecule has 0 amide bonds. The van der Waals surface area contributed by atoms with Gasteiger partial charge in [-0.15, -0.1) is 0 Å². The first-order valence-corrected chi connectivity index (χ1v) is 6.17. The number of para-hydroxylation sites is 1. The largest absolute Gasteiger partial charge is 0.396 e. The van der Waals surface area contributed by atoms with E-state index in [2.05, 4.69) is 6.92 Å². The normalized spacial score (nSPS) is 24.6. The van der Waals surface area contributed by atoms with E-state index in [-0.39, 0.29) is 17.4 Å². The van der Waals surface area contributed by atoms with E-state index >= 15 is 0 Å². The number of nitrogen functional groups attached to an aromatic ring is 1. The van der Waals surface area contributed by atoms with E-state index in [1.807, 2.05) is 0 Å². The number of halogens is 1. The van der Waals surface area contributed by atoms with E-state index in [4.69, 9.17) is 5.73 Å². The maximum Gasteiger partial charge on any atom is 0.168 e. The van der Waals surface area contributed by atoms with Gasteiger partial charge in [0.1, 0.15) is 5.82 Å². The molecule has 1 saturated carbocycles. The number of benzene rings is 1. The minimum absolute atomic E-state index is 0.00396. The van der Waals surface area contributed by atoms with Gasteiger partial charge >= 0.3 is 0 Å². The second-order valence-corrected chi connectivity index (χ2v) is 5.03. The first-order chi connectivity index (χ1) is 8.09. The molecule has 0 spiro atoms. The molecule has 2 nitrogen and oxygen atoms in total. The number of hydrogen-bond donors (Lipinski definition) is 1. The number of ketones is 1. The fourth-order valence-corrected chi connectivity index (χ4v) is 2.64. The van der Waals surface area contributed by atoms with Crippen LogP contribution >= 0.6 is 0 Å². The van der Waals surface area contributed by atoms with Gasteiger partial charge in [-0.05, 0) is 30.9 Å². The summed E-state index contributed by atoms with van der Waals surface area (Å²) in [5, 5.41) is 0. The van der Waals surface area contributed by atoms with Crippen molar-refractivity contribution in [3.05, 3.63) is 29.6 Å². The van der Waals surface area contributed by atoms with Crippen molar-refractivity contribution < 1.29 is 9.18 Å². The third kappa shape index (κ3) is 2.48. The second kappa shape index (κ2) is 4.86. The first kappa shape index (κ1) is 12.1. The van der Waals surface area contributed by atoms with Gasteiger partial charge in [-0.2, -0.15) is 0 Å². The van der Waals surface area contributed by atoms with Gasteiger partial charge < -0.3 is 5.73 Å². The Morgan fingerprint density at radius 1 is 1.41 bits per heavy atom. The van der Waals surface area contributed by atoms with Crippen molar-refractivity contribution >= 4 is 11.5 Å². The highest BCUT2D eigenvalue weighted by molar-refractivity contribution is 6.02. The standard InChI is InChI=1S/C14H18FNO/c1-9-4-2-5-10(8-9)14(17)11-6-3-7-12(15)13(11)16/h3,6-7,9-10H,2,4-5,8,16H2,1H3. The van der Waals surface area contributed by atoms with Crippen LogP contribution in [-0.2, 0) is 0 Å². The minimum atomic E-state index is -0.500. The van der Waals surface area contributed by atoms with Crippen molar-refractivity contribution in [2.24, 2.45) is 11.8 Å². The number of carbonyl (C=O) groups is 1. The fraction of sp³-hybridized carbons (Fsp3) is 0.500. The summed E-state index contributed by atoms with van der Waals surface area (Å²) in [6, 6.07) is 4.46. The number of Topliss-reactive ketones (excluding diaryl/α,β-unsaturated/α-hetero) is 1. The topological polar surface area (TPSA) is 43.1 Å². The van der Waals surface area contributed by atoms with Crippen molar-refractivity contribution in [2.45, 2.75) is 32.6 Å². The summed E-state index contributed by atoms with van der Waals surface area (Å²) in [6.45, 7) is 2.16. The van der Waals surface area contributed by atoms with Crippen LogP contribution in [0.1, 0.15) is 43.0 Å². The van der Waals surface area contributed by atoms with Gasteiger partial charge in [0.25, 0.3) is 0 Å². The van der Waals surface area contributed by atoms with Crippen molar-refractivity contribution in [3.8, 4) is 0 Å². The van der Waals surface area contributed by atoms with Crippen LogP contribution in [0.25, 0.3) is 0 Å². The Labute approximate surface area is 101 Å². The highest BCUT2D eigenvalue weighted by atomic mass is 19.1. The molecule has 1 aromatic carbocycles. The summed E-state index contributed by atoms with van der Waals surface area (Å²) >= 11 is 0. The Balaban J connectivity index is 2.22. The number of carbonyl (C=O) groups excluding carboxylic acids is 1. The van der Waals surface area contributed by atoms with Gasteiger partial charge in [0, 0.05) is 11.5 Å². The number of rotatable bonds is 2. The molecule has 0 heterocycles. The highest BCUT2D eigenvalue weighted by Gasteiger charge is 2.27. The van der Waals surface area contributed by atoms with E-state index in [1.165, 1.54) is 12.5 Å². The summed E-state index contributed by atoms with van der Waals surface area (Å²) in [6.07, 6.45) is 4.06. The molecule has 1 fully saturated rings. The van der Waals surface area contributed by atoms with Crippen molar-refractivity contribution in [3.63, 3.8) is 0 Å². The van der Waals surface area contributed by atoms with E-state index < -0.39 is 5.82 Å². The SMILES string of the molecule is CC1CCCC(C(=O)c2cccc(F)c2N)C1. The van der Waals surface area contributed by atoms with Gasteiger partial charge in [-0.1, -0.05) is 25.8 Å². The van der Waals surface area contributed by atoms with Crippen LogP contribution in [0.5, 0.6) is 0 Å².